The molecule has 3 nitrogen and oxygen atoms in total. The summed E-state index contributed by atoms with van der Waals surface area (Å²) in [5, 5.41) is 9.83. The van der Waals surface area contributed by atoms with E-state index in [2.05, 4.69) is 0 Å². The summed E-state index contributed by atoms with van der Waals surface area (Å²) in [5.41, 5.74) is 0.478. The number of fused-ring (bicyclic) bond motifs is 1. The smallest absolute Gasteiger partial charge is 0.227 e. The molecular weight excluding hydrogens is 264 g/mol. The Balaban J connectivity index is 1.64. The van der Waals surface area contributed by atoms with Crippen LogP contribution in [0.25, 0.3) is 0 Å². The Kier molecular flexibility index (Phi) is 3.46. The van der Waals surface area contributed by atoms with Crippen molar-refractivity contribution in [1.29, 1.82) is 0 Å². The van der Waals surface area contributed by atoms with Gasteiger partial charge in [0.15, 0.2) is 11.6 Å². The maximum Gasteiger partial charge on any atom is 0.227 e. The highest BCUT2D eigenvalue weighted by molar-refractivity contribution is 5.79. The molecule has 1 aliphatic heterocycles. The first-order valence-electron chi connectivity index (χ1n) is 6.94. The highest BCUT2D eigenvalue weighted by Crippen LogP contribution is 2.38. The van der Waals surface area contributed by atoms with E-state index in [1.807, 2.05) is 0 Å². The Morgan fingerprint density at radius 2 is 2.05 bits per heavy atom. The molecule has 108 valence electrons. The molecule has 1 aliphatic carbocycles. The number of aliphatic hydroxyl groups is 1. The number of hydrogen-bond acceptors (Lipinski definition) is 2. The van der Waals surface area contributed by atoms with Gasteiger partial charge in [0.2, 0.25) is 5.91 Å². The van der Waals surface area contributed by atoms with Gasteiger partial charge in [-0.05, 0) is 36.5 Å². The Labute approximate surface area is 116 Å². The first-order valence-corrected chi connectivity index (χ1v) is 6.94. The van der Waals surface area contributed by atoms with Crippen LogP contribution in [-0.4, -0.2) is 35.1 Å². The first-order chi connectivity index (χ1) is 9.54. The lowest BCUT2D eigenvalue weighted by Gasteiger charge is -2.18. The summed E-state index contributed by atoms with van der Waals surface area (Å²) in [7, 11) is 0. The monoisotopic (exact) mass is 281 g/mol. The quantitative estimate of drug-likeness (QED) is 0.897. The minimum atomic E-state index is -0.927. The van der Waals surface area contributed by atoms with Gasteiger partial charge >= 0.3 is 0 Å². The van der Waals surface area contributed by atoms with Crippen molar-refractivity contribution in [2.24, 2.45) is 11.8 Å². The molecule has 3 atom stereocenters. The predicted octanol–water partition coefficient (Wildman–Crippen LogP) is 1.74. The van der Waals surface area contributed by atoms with Crippen LogP contribution >= 0.6 is 0 Å². The Morgan fingerprint density at radius 3 is 2.75 bits per heavy atom. The number of nitrogens with zero attached hydrogens (tertiary/aromatic N) is 1. The zero-order chi connectivity index (χ0) is 14.3. The number of rotatable bonds is 2. The average molecular weight is 281 g/mol. The number of hydrogen-bond donors (Lipinski definition) is 1. The molecule has 0 radical (unpaired) electrons. The SMILES string of the molecule is O=C(Cc1ccc(F)c(F)c1)N1CC2CCC(O)C2C1. The van der Waals surface area contributed by atoms with E-state index in [4.69, 9.17) is 0 Å². The van der Waals surface area contributed by atoms with Crippen LogP contribution in [0.2, 0.25) is 0 Å². The summed E-state index contributed by atoms with van der Waals surface area (Å²) in [4.78, 5) is 13.9. The largest absolute Gasteiger partial charge is 0.393 e. The lowest BCUT2D eigenvalue weighted by atomic mass is 10.00. The molecule has 0 aromatic heterocycles. The third-order valence-electron chi connectivity index (χ3n) is 4.51. The molecule has 3 rings (SSSR count). The van der Waals surface area contributed by atoms with Crippen molar-refractivity contribution < 1.29 is 18.7 Å². The lowest BCUT2D eigenvalue weighted by Crippen LogP contribution is -2.32. The van der Waals surface area contributed by atoms with Gasteiger partial charge in [-0.25, -0.2) is 8.78 Å². The fourth-order valence-corrected chi connectivity index (χ4v) is 3.38. The summed E-state index contributed by atoms with van der Waals surface area (Å²) < 4.78 is 26.0. The van der Waals surface area contributed by atoms with Gasteiger partial charge in [0.1, 0.15) is 0 Å². The molecule has 1 aromatic rings. The predicted molar refractivity (Wildman–Crippen MR) is 68.9 cm³/mol. The number of carbonyl (C=O) groups is 1. The summed E-state index contributed by atoms with van der Waals surface area (Å²) in [6, 6.07) is 3.54. The molecule has 1 N–H and O–H groups in total. The van der Waals surface area contributed by atoms with E-state index in [9.17, 15) is 18.7 Å². The Morgan fingerprint density at radius 1 is 1.25 bits per heavy atom. The van der Waals surface area contributed by atoms with Gasteiger partial charge in [-0.1, -0.05) is 6.07 Å². The fraction of sp³-hybridized carbons (Fsp3) is 0.533. The molecule has 1 aromatic carbocycles. The van der Waals surface area contributed by atoms with E-state index >= 15 is 0 Å². The molecule has 0 spiro atoms. The van der Waals surface area contributed by atoms with Gasteiger partial charge in [0.05, 0.1) is 12.5 Å². The molecule has 2 fully saturated rings. The van der Waals surface area contributed by atoms with Crippen LogP contribution in [0.4, 0.5) is 8.78 Å². The summed E-state index contributed by atoms with van der Waals surface area (Å²) in [6.45, 7) is 1.25. The minimum Gasteiger partial charge on any atom is -0.393 e. The minimum absolute atomic E-state index is 0.0761. The van der Waals surface area contributed by atoms with Crippen molar-refractivity contribution in [3.63, 3.8) is 0 Å². The van der Waals surface area contributed by atoms with E-state index in [-0.39, 0.29) is 24.3 Å². The molecule has 5 heteroatoms. The van der Waals surface area contributed by atoms with Crippen molar-refractivity contribution in [2.75, 3.05) is 13.1 Å². The maximum absolute atomic E-state index is 13.1. The van der Waals surface area contributed by atoms with Crippen LogP contribution in [-0.2, 0) is 11.2 Å². The molecule has 1 amide bonds. The van der Waals surface area contributed by atoms with Crippen molar-refractivity contribution in [3.8, 4) is 0 Å². The molecule has 2 aliphatic rings. The van der Waals surface area contributed by atoms with Crippen LogP contribution in [0.15, 0.2) is 18.2 Å². The van der Waals surface area contributed by atoms with Gasteiger partial charge in [-0.2, -0.15) is 0 Å². The van der Waals surface area contributed by atoms with Crippen molar-refractivity contribution >= 4 is 5.91 Å². The van der Waals surface area contributed by atoms with Crippen LogP contribution in [0.3, 0.4) is 0 Å². The topological polar surface area (TPSA) is 40.5 Å². The van der Waals surface area contributed by atoms with Gasteiger partial charge < -0.3 is 10.0 Å². The third kappa shape index (κ3) is 2.42. The molecule has 0 bridgehead atoms. The van der Waals surface area contributed by atoms with E-state index in [0.29, 0.717) is 24.6 Å². The molecule has 20 heavy (non-hydrogen) atoms. The molecular formula is C15H17F2NO2. The number of carbonyl (C=O) groups excluding carboxylic acids is 1. The van der Waals surface area contributed by atoms with Gasteiger partial charge in [0.25, 0.3) is 0 Å². The molecule has 1 heterocycles. The number of benzene rings is 1. The number of aliphatic hydroxyl groups excluding tert-OH is 1. The lowest BCUT2D eigenvalue weighted by molar-refractivity contribution is -0.129. The zero-order valence-electron chi connectivity index (χ0n) is 11.1. The first kappa shape index (κ1) is 13.5. The Hall–Kier alpha value is -1.49. The van der Waals surface area contributed by atoms with E-state index in [1.54, 1.807) is 4.90 Å². The highest BCUT2D eigenvalue weighted by Gasteiger charge is 2.43. The van der Waals surface area contributed by atoms with Crippen molar-refractivity contribution in [1.82, 2.24) is 4.90 Å². The summed E-state index contributed by atoms with van der Waals surface area (Å²) in [5.74, 6) is -1.34. The summed E-state index contributed by atoms with van der Waals surface area (Å²) >= 11 is 0. The Bertz CT molecular complexity index is 535. The maximum atomic E-state index is 13.1. The second-order valence-corrected chi connectivity index (χ2v) is 5.79. The fourth-order valence-electron chi connectivity index (χ4n) is 3.38. The number of likely N-dealkylation sites (tertiary alicyclic amines) is 1. The molecule has 1 saturated heterocycles. The van der Waals surface area contributed by atoms with Gasteiger partial charge in [-0.3, -0.25) is 4.79 Å². The zero-order valence-corrected chi connectivity index (χ0v) is 11.1. The van der Waals surface area contributed by atoms with Gasteiger partial charge in [0, 0.05) is 19.0 Å². The van der Waals surface area contributed by atoms with Gasteiger partial charge in [-0.15, -0.1) is 0 Å². The number of amides is 1. The van der Waals surface area contributed by atoms with E-state index in [1.165, 1.54) is 6.07 Å². The van der Waals surface area contributed by atoms with Crippen LogP contribution in [0, 0.1) is 23.5 Å². The standard InChI is InChI=1S/C15H17F2NO2/c16-12-3-1-9(5-13(12)17)6-15(20)18-7-10-2-4-14(19)11(10)8-18/h1,3,5,10-11,14,19H,2,4,6-8H2. The third-order valence-corrected chi connectivity index (χ3v) is 4.51. The average Bonchev–Trinajstić information content (AvgIpc) is 2.97. The van der Waals surface area contributed by atoms with Crippen LogP contribution < -0.4 is 0 Å². The molecule has 1 saturated carbocycles. The second kappa shape index (κ2) is 5.13. The van der Waals surface area contributed by atoms with E-state index < -0.39 is 11.6 Å². The van der Waals surface area contributed by atoms with E-state index in [0.717, 1.165) is 25.0 Å². The molecule has 3 unspecified atom stereocenters. The number of halogens is 2. The normalized spacial score (nSPS) is 28.8. The second-order valence-electron chi connectivity index (χ2n) is 5.79. The highest BCUT2D eigenvalue weighted by atomic mass is 19.2. The van der Waals surface area contributed by atoms with Crippen molar-refractivity contribution in [3.05, 3.63) is 35.4 Å². The van der Waals surface area contributed by atoms with Crippen LogP contribution in [0.5, 0.6) is 0 Å². The van der Waals surface area contributed by atoms with Crippen LogP contribution in [0.1, 0.15) is 18.4 Å². The van der Waals surface area contributed by atoms with Crippen molar-refractivity contribution in [2.45, 2.75) is 25.4 Å². The summed E-state index contributed by atoms with van der Waals surface area (Å²) in [6.07, 6.45) is 1.55.